The lowest BCUT2D eigenvalue weighted by atomic mass is 9.99. The number of benzene rings is 1. The number of aromatic nitrogens is 2. The number of hydrogen-bond donors (Lipinski definition) is 3. The van der Waals surface area contributed by atoms with E-state index >= 15 is 4.39 Å². The lowest BCUT2D eigenvalue weighted by molar-refractivity contribution is -0.138. The minimum absolute atomic E-state index is 0.0876. The lowest BCUT2D eigenvalue weighted by Crippen LogP contribution is -2.55. The molecule has 1 saturated heterocycles. The molecule has 0 bridgehead atoms. The Balaban J connectivity index is 1.84. The van der Waals surface area contributed by atoms with Crippen molar-refractivity contribution in [2.45, 2.75) is 39.0 Å². The zero-order valence-electron chi connectivity index (χ0n) is 21.3. The van der Waals surface area contributed by atoms with Crippen LogP contribution >= 0.6 is 0 Å². The third-order valence-electron chi connectivity index (χ3n) is 6.93. The van der Waals surface area contributed by atoms with Crippen LogP contribution in [0.4, 0.5) is 34.8 Å². The average molecular weight is 533 g/mol. The van der Waals surface area contributed by atoms with Gasteiger partial charge in [0.25, 0.3) is 5.91 Å². The quantitative estimate of drug-likeness (QED) is 0.434. The summed E-state index contributed by atoms with van der Waals surface area (Å²) in [5.74, 6) is -1.45. The summed E-state index contributed by atoms with van der Waals surface area (Å²) in [6, 6.07) is 4.73. The Kier molecular flexibility index (Phi) is 7.20. The van der Waals surface area contributed by atoms with Gasteiger partial charge < -0.3 is 20.9 Å². The number of nitrogens with one attached hydrogen (secondary N) is 2. The molecular weight excluding hydrogens is 504 g/mol. The van der Waals surface area contributed by atoms with Gasteiger partial charge in [0, 0.05) is 54.8 Å². The highest BCUT2D eigenvalue weighted by molar-refractivity contribution is 6.07. The molecule has 0 saturated carbocycles. The van der Waals surface area contributed by atoms with Gasteiger partial charge in [0.1, 0.15) is 11.6 Å². The highest BCUT2D eigenvalue weighted by Gasteiger charge is 2.36. The molecule has 8 nitrogen and oxygen atoms in total. The van der Waals surface area contributed by atoms with Crippen molar-refractivity contribution in [1.82, 2.24) is 14.9 Å². The molecule has 1 aliphatic rings. The molecule has 1 fully saturated rings. The summed E-state index contributed by atoms with van der Waals surface area (Å²) in [5.41, 5.74) is 4.18. The van der Waals surface area contributed by atoms with Crippen LogP contribution in [0.15, 0.2) is 41.5 Å². The Morgan fingerprint density at radius 2 is 1.79 bits per heavy atom. The zero-order chi connectivity index (χ0) is 27.9. The zero-order valence-corrected chi connectivity index (χ0v) is 21.3. The predicted octanol–water partition coefficient (Wildman–Crippen LogP) is 4.27. The SMILES string of the molecule is Cc1cc(N)ncc1-c1cc(NC(=O)c2c[nH]c(=O)cc2C(F)(F)F)c(N2C[C@@H](C)N(C)[C@@H](C)C2)cc1F. The number of pyridine rings is 2. The van der Waals surface area contributed by atoms with E-state index in [2.05, 4.69) is 20.2 Å². The molecule has 3 heterocycles. The number of carbonyl (C=O) groups is 1. The first-order valence-corrected chi connectivity index (χ1v) is 11.9. The molecule has 0 radical (unpaired) electrons. The van der Waals surface area contributed by atoms with E-state index in [9.17, 15) is 22.8 Å². The van der Waals surface area contributed by atoms with E-state index in [-0.39, 0.29) is 29.2 Å². The van der Waals surface area contributed by atoms with Gasteiger partial charge in [-0.15, -0.1) is 0 Å². The van der Waals surface area contributed by atoms with Crippen molar-refractivity contribution in [1.29, 1.82) is 0 Å². The number of hydrogen-bond acceptors (Lipinski definition) is 6. The number of rotatable bonds is 4. The number of nitrogen functional groups attached to an aromatic ring is 1. The fourth-order valence-electron chi connectivity index (χ4n) is 4.68. The van der Waals surface area contributed by atoms with E-state index in [1.54, 1.807) is 13.0 Å². The Labute approximate surface area is 216 Å². The number of likely N-dealkylation sites (N-methyl/N-ethyl adjacent to an activating group) is 1. The molecule has 1 amide bonds. The van der Waals surface area contributed by atoms with E-state index in [4.69, 9.17) is 5.73 Å². The van der Waals surface area contributed by atoms with Crippen LogP contribution in [0, 0.1) is 12.7 Å². The first-order chi connectivity index (χ1) is 17.8. The van der Waals surface area contributed by atoms with Gasteiger partial charge in [-0.25, -0.2) is 9.37 Å². The maximum atomic E-state index is 15.6. The number of alkyl halides is 3. The van der Waals surface area contributed by atoms with E-state index in [0.29, 0.717) is 36.0 Å². The highest BCUT2D eigenvalue weighted by atomic mass is 19.4. The molecular formula is C26H28F4N6O2. The molecule has 0 aliphatic carbocycles. The molecule has 2 aromatic heterocycles. The molecule has 202 valence electrons. The summed E-state index contributed by atoms with van der Waals surface area (Å²) in [5, 5.41) is 2.54. The van der Waals surface area contributed by atoms with Gasteiger partial charge in [-0.05, 0) is 51.6 Å². The molecule has 3 aromatic rings. The van der Waals surface area contributed by atoms with Crippen LogP contribution in [0.3, 0.4) is 0 Å². The topological polar surface area (TPSA) is 107 Å². The van der Waals surface area contributed by atoms with Crippen molar-refractivity contribution < 1.29 is 22.4 Å². The summed E-state index contributed by atoms with van der Waals surface area (Å²) in [4.78, 5) is 34.9. The largest absolute Gasteiger partial charge is 0.417 e. The molecule has 4 N–H and O–H groups in total. The number of carbonyl (C=O) groups excluding carboxylic acids is 1. The fraction of sp³-hybridized carbons (Fsp3) is 0.346. The van der Waals surface area contributed by atoms with Crippen molar-refractivity contribution in [3.8, 4) is 11.1 Å². The van der Waals surface area contributed by atoms with Gasteiger partial charge in [-0.2, -0.15) is 13.2 Å². The van der Waals surface area contributed by atoms with Crippen molar-refractivity contribution in [3.63, 3.8) is 0 Å². The molecule has 0 spiro atoms. The van der Waals surface area contributed by atoms with Gasteiger partial charge in [-0.3, -0.25) is 14.5 Å². The summed E-state index contributed by atoms with van der Waals surface area (Å²) in [7, 11) is 1.98. The standard InChI is InChI=1S/C26H28F4N6O2/c1-13-5-23(31)32-9-17(13)16-6-21(22(8-20(16)27)36-11-14(2)35(4)15(3)12-36)34-25(38)18-10-33-24(37)7-19(18)26(28,29)30/h5-10,14-15H,11-12H2,1-4H3,(H2,31,32)(H,33,37)(H,34,38)/t14-,15+. The molecule has 1 aromatic carbocycles. The van der Waals surface area contributed by atoms with Crippen molar-refractivity contribution >= 4 is 23.1 Å². The monoisotopic (exact) mass is 532 g/mol. The van der Waals surface area contributed by atoms with Gasteiger partial charge in [0.05, 0.1) is 22.5 Å². The maximum Gasteiger partial charge on any atom is 0.417 e. The van der Waals surface area contributed by atoms with Crippen LogP contribution in [-0.2, 0) is 6.18 Å². The second kappa shape index (κ2) is 10.1. The summed E-state index contributed by atoms with van der Waals surface area (Å²) in [6.07, 6.45) is -2.82. The molecule has 12 heteroatoms. The van der Waals surface area contributed by atoms with E-state index in [1.807, 2.05) is 25.8 Å². The van der Waals surface area contributed by atoms with Gasteiger partial charge >= 0.3 is 6.18 Å². The third kappa shape index (κ3) is 5.35. The van der Waals surface area contributed by atoms with Gasteiger partial charge in [0.2, 0.25) is 5.56 Å². The number of aromatic amines is 1. The minimum Gasteiger partial charge on any atom is -0.384 e. The van der Waals surface area contributed by atoms with Crippen LogP contribution < -0.4 is 21.5 Å². The van der Waals surface area contributed by atoms with Gasteiger partial charge in [0.15, 0.2) is 0 Å². The molecule has 2 atom stereocenters. The first-order valence-electron chi connectivity index (χ1n) is 11.9. The Morgan fingerprint density at radius 3 is 2.39 bits per heavy atom. The fourth-order valence-corrected chi connectivity index (χ4v) is 4.68. The lowest BCUT2D eigenvalue weighted by Gasteiger charge is -2.44. The van der Waals surface area contributed by atoms with Crippen LogP contribution in [0.25, 0.3) is 11.1 Å². The van der Waals surface area contributed by atoms with E-state index < -0.39 is 34.6 Å². The number of piperazine rings is 1. The Hall–Kier alpha value is -3.93. The minimum atomic E-state index is -4.94. The second-order valence-corrected chi connectivity index (χ2v) is 9.62. The Bertz CT molecular complexity index is 1430. The second-order valence-electron chi connectivity index (χ2n) is 9.62. The number of nitrogens with two attached hydrogens (primary N) is 1. The molecule has 0 unspecified atom stereocenters. The third-order valence-corrected chi connectivity index (χ3v) is 6.93. The number of anilines is 3. The van der Waals surface area contributed by atoms with Gasteiger partial charge in [-0.1, -0.05) is 0 Å². The molecule has 1 aliphatic heterocycles. The van der Waals surface area contributed by atoms with Crippen LogP contribution in [0.1, 0.15) is 35.3 Å². The number of aryl methyl sites for hydroxylation is 1. The molecule has 4 rings (SSSR count). The normalized spacial score (nSPS) is 18.5. The maximum absolute atomic E-state index is 15.6. The smallest absolute Gasteiger partial charge is 0.384 e. The number of nitrogens with zero attached hydrogens (tertiary/aromatic N) is 3. The average Bonchev–Trinajstić information content (AvgIpc) is 2.82. The summed E-state index contributed by atoms with van der Waals surface area (Å²) >= 11 is 0. The number of halogens is 4. The Morgan fingerprint density at radius 1 is 1.13 bits per heavy atom. The van der Waals surface area contributed by atoms with Crippen LogP contribution in [-0.4, -0.2) is 53.0 Å². The number of H-pyrrole nitrogens is 1. The summed E-state index contributed by atoms with van der Waals surface area (Å²) in [6.45, 7) is 6.73. The van der Waals surface area contributed by atoms with E-state index in [0.717, 1.165) is 6.20 Å². The van der Waals surface area contributed by atoms with Crippen molar-refractivity contribution in [2.24, 2.45) is 0 Å². The first kappa shape index (κ1) is 27.1. The number of amides is 1. The van der Waals surface area contributed by atoms with Crippen LogP contribution in [0.2, 0.25) is 0 Å². The van der Waals surface area contributed by atoms with Crippen LogP contribution in [0.5, 0.6) is 0 Å². The molecule has 38 heavy (non-hydrogen) atoms. The predicted molar refractivity (Wildman–Crippen MR) is 138 cm³/mol. The van der Waals surface area contributed by atoms with E-state index in [1.165, 1.54) is 18.3 Å². The van der Waals surface area contributed by atoms with Crippen molar-refractivity contribution in [2.75, 3.05) is 36.1 Å². The highest BCUT2D eigenvalue weighted by Crippen LogP contribution is 2.38. The van der Waals surface area contributed by atoms with Crippen molar-refractivity contribution in [3.05, 3.63) is 69.5 Å². The summed E-state index contributed by atoms with van der Waals surface area (Å²) < 4.78 is 56.4.